The van der Waals surface area contributed by atoms with Gasteiger partial charge in [0.25, 0.3) is 5.91 Å². The number of anilines is 2. The van der Waals surface area contributed by atoms with Crippen LogP contribution in [0.3, 0.4) is 0 Å². The van der Waals surface area contributed by atoms with Gasteiger partial charge in [-0.2, -0.15) is 0 Å². The van der Waals surface area contributed by atoms with E-state index in [4.69, 9.17) is 4.74 Å². The van der Waals surface area contributed by atoms with Crippen LogP contribution in [0.2, 0.25) is 0 Å². The summed E-state index contributed by atoms with van der Waals surface area (Å²) in [5.74, 6) is -1.08. The first kappa shape index (κ1) is 22.3. The van der Waals surface area contributed by atoms with E-state index in [-0.39, 0.29) is 17.9 Å². The highest BCUT2D eigenvalue weighted by molar-refractivity contribution is 5.96. The molecule has 0 saturated carbocycles. The zero-order chi connectivity index (χ0) is 22.4. The second-order valence-electron chi connectivity index (χ2n) is 7.94. The minimum absolute atomic E-state index is 0.181. The van der Waals surface area contributed by atoms with Gasteiger partial charge in [-0.1, -0.05) is 35.9 Å². The summed E-state index contributed by atoms with van der Waals surface area (Å²) < 4.78 is 5.41. The number of rotatable bonds is 5. The smallest absolute Gasteiger partial charge is 0.321 e. The number of esters is 1. The quantitative estimate of drug-likeness (QED) is 0.708. The Labute approximate surface area is 182 Å². The maximum atomic E-state index is 12.5. The van der Waals surface area contributed by atoms with E-state index < -0.39 is 12.1 Å². The molecule has 1 heterocycles. The lowest BCUT2D eigenvalue weighted by Gasteiger charge is -2.31. The number of carbonyl (C=O) groups is 3. The first-order chi connectivity index (χ1) is 14.8. The average molecular weight is 424 g/mol. The molecular weight excluding hydrogens is 394 g/mol. The van der Waals surface area contributed by atoms with E-state index in [1.807, 2.05) is 62.4 Å². The number of nitrogens with one attached hydrogen (secondary N) is 2. The third-order valence-electron chi connectivity index (χ3n) is 5.44. The summed E-state index contributed by atoms with van der Waals surface area (Å²) in [6, 6.07) is 14.8. The largest absolute Gasteiger partial charge is 0.452 e. The molecule has 0 aromatic heterocycles. The molecule has 1 saturated heterocycles. The number of likely N-dealkylation sites (tertiary alicyclic amines) is 1. The number of para-hydroxylation sites is 1. The van der Waals surface area contributed by atoms with Gasteiger partial charge in [-0.05, 0) is 57.4 Å². The zero-order valence-electron chi connectivity index (χ0n) is 18.2. The van der Waals surface area contributed by atoms with Crippen LogP contribution in [0.4, 0.5) is 16.2 Å². The van der Waals surface area contributed by atoms with Gasteiger partial charge in [0.2, 0.25) is 0 Å². The number of amides is 3. The van der Waals surface area contributed by atoms with Crippen LogP contribution >= 0.6 is 0 Å². The van der Waals surface area contributed by atoms with E-state index in [0.29, 0.717) is 31.6 Å². The Balaban J connectivity index is 1.45. The second-order valence-corrected chi connectivity index (χ2v) is 7.94. The summed E-state index contributed by atoms with van der Waals surface area (Å²) in [5, 5.41) is 5.67. The molecule has 7 nitrogen and oxygen atoms in total. The van der Waals surface area contributed by atoms with E-state index in [1.165, 1.54) is 0 Å². The van der Waals surface area contributed by atoms with E-state index in [1.54, 1.807) is 11.8 Å². The number of carbonyl (C=O) groups excluding carboxylic acids is 3. The highest BCUT2D eigenvalue weighted by Gasteiger charge is 2.30. The van der Waals surface area contributed by atoms with Crippen molar-refractivity contribution in [3.63, 3.8) is 0 Å². The highest BCUT2D eigenvalue weighted by Crippen LogP contribution is 2.21. The van der Waals surface area contributed by atoms with Gasteiger partial charge in [0.1, 0.15) is 0 Å². The number of ether oxygens (including phenoxy) is 1. The van der Waals surface area contributed by atoms with Gasteiger partial charge in [0, 0.05) is 24.5 Å². The molecule has 2 aromatic rings. The van der Waals surface area contributed by atoms with Crippen LogP contribution in [-0.4, -0.2) is 42.0 Å². The molecule has 0 aliphatic carbocycles. The fourth-order valence-corrected chi connectivity index (χ4v) is 3.55. The third kappa shape index (κ3) is 6.07. The number of nitrogens with zero attached hydrogens (tertiary/aromatic N) is 1. The van der Waals surface area contributed by atoms with E-state index in [2.05, 4.69) is 10.6 Å². The molecule has 2 N–H and O–H groups in total. The lowest BCUT2D eigenvalue weighted by atomic mass is 9.97. The fraction of sp³-hybridized carbons (Fsp3) is 0.375. The Hall–Kier alpha value is -3.35. The van der Waals surface area contributed by atoms with Crippen molar-refractivity contribution < 1.29 is 19.1 Å². The van der Waals surface area contributed by atoms with Crippen LogP contribution in [0.5, 0.6) is 0 Å². The van der Waals surface area contributed by atoms with Gasteiger partial charge >= 0.3 is 12.0 Å². The van der Waals surface area contributed by atoms with Crippen molar-refractivity contribution in [2.75, 3.05) is 23.7 Å². The SMILES string of the molecule is Cc1ccc(NC(=O)[C@@H](C)OC(=O)C2CCN(C(=O)Nc3ccccc3)CC2)c(C)c1. The van der Waals surface area contributed by atoms with Crippen LogP contribution < -0.4 is 10.6 Å². The molecule has 0 spiro atoms. The Morgan fingerprint density at radius 3 is 2.32 bits per heavy atom. The van der Waals surface area contributed by atoms with Crippen LogP contribution in [0.1, 0.15) is 30.9 Å². The molecule has 1 aliphatic rings. The second kappa shape index (κ2) is 10.1. The van der Waals surface area contributed by atoms with Crippen molar-refractivity contribution in [2.24, 2.45) is 5.92 Å². The van der Waals surface area contributed by atoms with E-state index in [0.717, 1.165) is 16.8 Å². The average Bonchev–Trinajstić information content (AvgIpc) is 2.76. The molecule has 7 heteroatoms. The predicted molar refractivity (Wildman–Crippen MR) is 120 cm³/mol. The minimum atomic E-state index is -0.896. The van der Waals surface area contributed by atoms with Crippen molar-refractivity contribution in [1.29, 1.82) is 0 Å². The van der Waals surface area contributed by atoms with Crippen molar-refractivity contribution >= 4 is 29.3 Å². The number of benzene rings is 2. The predicted octanol–water partition coefficient (Wildman–Crippen LogP) is 4.12. The Bertz CT molecular complexity index is 937. The van der Waals surface area contributed by atoms with Gasteiger partial charge in [0.05, 0.1) is 5.92 Å². The molecule has 1 fully saturated rings. The lowest BCUT2D eigenvalue weighted by molar-refractivity contribution is -0.158. The number of piperidine rings is 1. The first-order valence-electron chi connectivity index (χ1n) is 10.5. The monoisotopic (exact) mass is 423 g/mol. The van der Waals surface area contributed by atoms with Gasteiger partial charge in [-0.25, -0.2) is 4.79 Å². The van der Waals surface area contributed by atoms with Crippen LogP contribution in [-0.2, 0) is 14.3 Å². The number of aryl methyl sites for hydroxylation is 2. The van der Waals surface area contributed by atoms with Crippen LogP contribution in [0.15, 0.2) is 48.5 Å². The summed E-state index contributed by atoms with van der Waals surface area (Å²) in [5.41, 5.74) is 3.50. The summed E-state index contributed by atoms with van der Waals surface area (Å²) in [4.78, 5) is 39.0. The summed E-state index contributed by atoms with van der Waals surface area (Å²) in [7, 11) is 0. The Morgan fingerprint density at radius 2 is 1.68 bits per heavy atom. The van der Waals surface area contributed by atoms with Gasteiger partial charge in [0.15, 0.2) is 6.10 Å². The van der Waals surface area contributed by atoms with E-state index >= 15 is 0 Å². The molecule has 31 heavy (non-hydrogen) atoms. The maximum absolute atomic E-state index is 12.5. The van der Waals surface area contributed by atoms with Gasteiger partial charge in [-0.3, -0.25) is 9.59 Å². The molecule has 0 bridgehead atoms. The molecule has 3 rings (SSSR count). The van der Waals surface area contributed by atoms with Crippen LogP contribution in [0, 0.1) is 19.8 Å². The molecule has 164 valence electrons. The summed E-state index contributed by atoms with van der Waals surface area (Å²) in [6.45, 7) is 6.39. The normalized spacial score (nSPS) is 15.1. The molecule has 0 unspecified atom stereocenters. The lowest BCUT2D eigenvalue weighted by Crippen LogP contribution is -2.43. The summed E-state index contributed by atoms with van der Waals surface area (Å²) in [6.07, 6.45) is 0.117. The van der Waals surface area contributed by atoms with E-state index in [9.17, 15) is 14.4 Å². The van der Waals surface area contributed by atoms with Crippen molar-refractivity contribution in [1.82, 2.24) is 4.90 Å². The molecular formula is C24H29N3O4. The number of hydrogen-bond donors (Lipinski definition) is 2. The topological polar surface area (TPSA) is 87.7 Å². The van der Waals surface area contributed by atoms with Crippen LogP contribution in [0.25, 0.3) is 0 Å². The maximum Gasteiger partial charge on any atom is 0.321 e. The zero-order valence-corrected chi connectivity index (χ0v) is 18.2. The van der Waals surface area contributed by atoms with Crippen molar-refractivity contribution in [3.05, 3.63) is 59.7 Å². The Kier molecular flexibility index (Phi) is 7.28. The molecule has 3 amide bonds. The van der Waals surface area contributed by atoms with Gasteiger partial charge in [-0.15, -0.1) is 0 Å². The van der Waals surface area contributed by atoms with Crippen molar-refractivity contribution in [3.8, 4) is 0 Å². The van der Waals surface area contributed by atoms with Crippen molar-refractivity contribution in [2.45, 2.75) is 39.7 Å². The number of hydrogen-bond acceptors (Lipinski definition) is 4. The minimum Gasteiger partial charge on any atom is -0.452 e. The standard InChI is InChI=1S/C24H29N3O4/c1-16-9-10-21(17(2)15-16)26-22(28)18(3)31-23(29)19-11-13-27(14-12-19)24(30)25-20-7-5-4-6-8-20/h4-10,15,18-19H,11-14H2,1-3H3,(H,25,30)(H,26,28)/t18-/m1/s1. The summed E-state index contributed by atoms with van der Waals surface area (Å²) >= 11 is 0. The third-order valence-corrected chi connectivity index (χ3v) is 5.44. The number of urea groups is 1. The molecule has 0 radical (unpaired) electrons. The Morgan fingerprint density at radius 1 is 1.00 bits per heavy atom. The molecule has 1 atom stereocenters. The fourth-order valence-electron chi connectivity index (χ4n) is 3.55. The first-order valence-corrected chi connectivity index (χ1v) is 10.5. The highest BCUT2D eigenvalue weighted by atomic mass is 16.5. The molecule has 2 aromatic carbocycles. The molecule has 1 aliphatic heterocycles. The van der Waals surface area contributed by atoms with Gasteiger partial charge < -0.3 is 20.3 Å².